The van der Waals surface area contributed by atoms with Crippen LogP contribution in [0.5, 0.6) is 5.88 Å². The van der Waals surface area contributed by atoms with Crippen LogP contribution in [0.15, 0.2) is 29.4 Å². The van der Waals surface area contributed by atoms with Crippen LogP contribution in [0.4, 0.5) is 0 Å². The number of rotatable bonds is 6. The standard InChI is InChI=1S/C17H21ClN4OS/c1-4-22(5-2)16(19)12-6-7-13(14(18)9-12)10-24-17-20-11(3)8-15(23)21-17/h6-9,19H,4-5,10H2,1-3H3,(H,20,21,23). The van der Waals surface area contributed by atoms with Crippen molar-refractivity contribution in [2.24, 2.45) is 0 Å². The van der Waals surface area contributed by atoms with Crippen molar-refractivity contribution in [1.82, 2.24) is 14.9 Å². The molecule has 7 heteroatoms. The number of hydrogen-bond acceptors (Lipinski definition) is 5. The fourth-order valence-electron chi connectivity index (χ4n) is 2.27. The topological polar surface area (TPSA) is 73.1 Å². The van der Waals surface area contributed by atoms with Gasteiger partial charge in [0.05, 0.1) is 0 Å². The molecule has 1 heterocycles. The Morgan fingerprint density at radius 2 is 1.96 bits per heavy atom. The monoisotopic (exact) mass is 364 g/mol. The highest BCUT2D eigenvalue weighted by atomic mass is 35.5. The van der Waals surface area contributed by atoms with Crippen LogP contribution in [0.1, 0.15) is 30.7 Å². The third-order valence-corrected chi connectivity index (χ3v) is 4.83. The van der Waals surface area contributed by atoms with Gasteiger partial charge in [-0.2, -0.15) is 4.98 Å². The molecule has 0 aliphatic heterocycles. The maximum atomic E-state index is 9.52. The lowest BCUT2D eigenvalue weighted by atomic mass is 10.1. The van der Waals surface area contributed by atoms with Gasteiger partial charge in [0.1, 0.15) is 5.84 Å². The summed E-state index contributed by atoms with van der Waals surface area (Å²) in [4.78, 5) is 10.2. The van der Waals surface area contributed by atoms with Gasteiger partial charge in [0.2, 0.25) is 5.88 Å². The number of nitrogens with one attached hydrogen (secondary N) is 1. The Morgan fingerprint density at radius 1 is 1.25 bits per heavy atom. The Morgan fingerprint density at radius 3 is 2.54 bits per heavy atom. The summed E-state index contributed by atoms with van der Waals surface area (Å²) in [5.74, 6) is 1.05. The molecule has 24 heavy (non-hydrogen) atoms. The lowest BCUT2D eigenvalue weighted by Gasteiger charge is -2.22. The molecule has 0 fully saturated rings. The zero-order valence-electron chi connectivity index (χ0n) is 14.0. The number of hydrogen-bond donors (Lipinski definition) is 2. The van der Waals surface area contributed by atoms with Gasteiger partial charge in [0.25, 0.3) is 0 Å². The second-order valence-electron chi connectivity index (χ2n) is 5.27. The molecular formula is C17H21ClN4OS. The molecule has 0 radical (unpaired) electrons. The van der Waals surface area contributed by atoms with Gasteiger partial charge in [0, 0.05) is 41.2 Å². The summed E-state index contributed by atoms with van der Waals surface area (Å²) >= 11 is 7.79. The van der Waals surface area contributed by atoms with E-state index in [1.54, 1.807) is 0 Å². The van der Waals surface area contributed by atoms with Gasteiger partial charge in [-0.25, -0.2) is 4.98 Å². The molecule has 0 unspecified atom stereocenters. The summed E-state index contributed by atoms with van der Waals surface area (Å²) in [7, 11) is 0. The van der Waals surface area contributed by atoms with Crippen molar-refractivity contribution in [3.05, 3.63) is 46.1 Å². The molecule has 0 aliphatic rings. The lowest BCUT2D eigenvalue weighted by molar-refractivity contribution is 0.444. The minimum atomic E-state index is -0.0286. The highest BCUT2D eigenvalue weighted by molar-refractivity contribution is 7.98. The molecule has 2 rings (SSSR count). The Labute approximate surface area is 151 Å². The number of aryl methyl sites for hydroxylation is 1. The van der Waals surface area contributed by atoms with Gasteiger partial charge >= 0.3 is 0 Å². The largest absolute Gasteiger partial charge is 0.493 e. The Balaban J connectivity index is 2.11. The average Bonchev–Trinajstić information content (AvgIpc) is 2.53. The van der Waals surface area contributed by atoms with E-state index in [9.17, 15) is 5.11 Å². The Kier molecular flexibility index (Phi) is 6.45. The van der Waals surface area contributed by atoms with Crippen molar-refractivity contribution in [3.63, 3.8) is 0 Å². The third kappa shape index (κ3) is 4.61. The van der Waals surface area contributed by atoms with Crippen LogP contribution in [0.25, 0.3) is 0 Å². The van der Waals surface area contributed by atoms with E-state index < -0.39 is 0 Å². The summed E-state index contributed by atoms with van der Waals surface area (Å²) in [6, 6.07) is 7.19. The van der Waals surface area contributed by atoms with Crippen molar-refractivity contribution in [3.8, 4) is 5.88 Å². The molecule has 1 aromatic carbocycles. The second kappa shape index (κ2) is 8.35. The van der Waals surface area contributed by atoms with Crippen LogP contribution in [0.2, 0.25) is 5.02 Å². The zero-order chi connectivity index (χ0) is 17.7. The predicted molar refractivity (Wildman–Crippen MR) is 99.2 cm³/mol. The van der Waals surface area contributed by atoms with Crippen LogP contribution in [-0.4, -0.2) is 38.9 Å². The first-order chi connectivity index (χ1) is 11.4. The van der Waals surface area contributed by atoms with E-state index >= 15 is 0 Å². The number of amidine groups is 1. The summed E-state index contributed by atoms with van der Waals surface area (Å²) in [6.07, 6.45) is 0. The van der Waals surface area contributed by atoms with E-state index in [0.29, 0.717) is 21.8 Å². The van der Waals surface area contributed by atoms with E-state index in [4.69, 9.17) is 17.0 Å². The zero-order valence-corrected chi connectivity index (χ0v) is 15.6. The van der Waals surface area contributed by atoms with E-state index in [1.807, 2.05) is 43.9 Å². The van der Waals surface area contributed by atoms with Crippen LogP contribution in [0, 0.1) is 12.3 Å². The van der Waals surface area contributed by atoms with E-state index in [0.717, 1.165) is 29.9 Å². The quantitative estimate of drug-likeness (QED) is 0.349. The molecule has 0 amide bonds. The number of benzene rings is 1. The minimum absolute atomic E-state index is 0.0286. The lowest BCUT2D eigenvalue weighted by Crippen LogP contribution is -2.30. The molecule has 5 nitrogen and oxygen atoms in total. The van der Waals surface area contributed by atoms with Crippen molar-refractivity contribution >= 4 is 29.2 Å². The highest BCUT2D eigenvalue weighted by Crippen LogP contribution is 2.27. The second-order valence-corrected chi connectivity index (χ2v) is 6.62. The minimum Gasteiger partial charge on any atom is -0.493 e. The average molecular weight is 365 g/mol. The summed E-state index contributed by atoms with van der Waals surface area (Å²) < 4.78 is 0. The maximum Gasteiger partial charge on any atom is 0.215 e. The molecule has 1 aromatic heterocycles. The third-order valence-electron chi connectivity index (χ3n) is 3.58. The number of aromatic nitrogens is 2. The molecule has 0 aliphatic carbocycles. The van der Waals surface area contributed by atoms with Crippen LogP contribution < -0.4 is 0 Å². The molecule has 2 aromatic rings. The van der Waals surface area contributed by atoms with Crippen LogP contribution in [0.3, 0.4) is 0 Å². The first-order valence-corrected chi connectivity index (χ1v) is 9.10. The fourth-order valence-corrected chi connectivity index (χ4v) is 3.50. The highest BCUT2D eigenvalue weighted by Gasteiger charge is 2.11. The summed E-state index contributed by atoms with van der Waals surface area (Å²) in [5, 5.41) is 18.9. The molecule has 0 spiro atoms. The number of aromatic hydroxyl groups is 1. The SMILES string of the molecule is CCN(CC)C(=N)c1ccc(CSc2nc(C)cc(O)n2)c(Cl)c1. The fraction of sp³-hybridized carbons (Fsp3) is 0.353. The first kappa shape index (κ1) is 18.5. The van der Waals surface area contributed by atoms with Crippen molar-refractivity contribution < 1.29 is 5.11 Å². The van der Waals surface area contributed by atoms with Gasteiger partial charge < -0.3 is 10.0 Å². The van der Waals surface area contributed by atoms with Crippen molar-refractivity contribution in [1.29, 1.82) is 5.41 Å². The van der Waals surface area contributed by atoms with E-state index in [1.165, 1.54) is 17.8 Å². The molecule has 2 N–H and O–H groups in total. The van der Waals surface area contributed by atoms with E-state index in [-0.39, 0.29) is 5.88 Å². The molecular weight excluding hydrogens is 344 g/mol. The van der Waals surface area contributed by atoms with Gasteiger partial charge in [-0.3, -0.25) is 5.41 Å². The van der Waals surface area contributed by atoms with Gasteiger partial charge in [-0.1, -0.05) is 35.5 Å². The molecule has 0 atom stereocenters. The summed E-state index contributed by atoms with van der Waals surface area (Å²) in [5.41, 5.74) is 2.48. The smallest absolute Gasteiger partial charge is 0.215 e. The van der Waals surface area contributed by atoms with Gasteiger partial charge in [0.15, 0.2) is 5.16 Å². The van der Waals surface area contributed by atoms with Crippen LogP contribution in [-0.2, 0) is 5.75 Å². The van der Waals surface area contributed by atoms with E-state index in [2.05, 4.69) is 9.97 Å². The van der Waals surface area contributed by atoms with Gasteiger partial charge in [-0.05, 0) is 32.4 Å². The maximum absolute atomic E-state index is 9.52. The van der Waals surface area contributed by atoms with Crippen molar-refractivity contribution in [2.75, 3.05) is 13.1 Å². The predicted octanol–water partition coefficient (Wildman–Crippen LogP) is 4.10. The number of thioether (sulfide) groups is 1. The number of halogens is 1. The van der Waals surface area contributed by atoms with Crippen molar-refractivity contribution in [2.45, 2.75) is 31.7 Å². The van der Waals surface area contributed by atoms with Gasteiger partial charge in [-0.15, -0.1) is 0 Å². The Hall–Kier alpha value is -1.79. The van der Waals surface area contributed by atoms with Crippen LogP contribution >= 0.6 is 23.4 Å². The Bertz CT molecular complexity index is 714. The molecule has 0 saturated heterocycles. The molecule has 0 bridgehead atoms. The normalized spacial score (nSPS) is 10.7. The number of nitrogens with zero attached hydrogens (tertiary/aromatic N) is 3. The molecule has 0 saturated carbocycles. The molecule has 128 valence electrons. The first-order valence-electron chi connectivity index (χ1n) is 7.74. The summed E-state index contributed by atoms with van der Waals surface area (Å²) in [6.45, 7) is 7.45.